The Morgan fingerprint density at radius 2 is 2.00 bits per heavy atom. The van der Waals surface area contributed by atoms with Gasteiger partial charge in [0.1, 0.15) is 5.75 Å². The van der Waals surface area contributed by atoms with Crippen molar-refractivity contribution in [1.82, 2.24) is 0 Å². The highest BCUT2D eigenvalue weighted by molar-refractivity contribution is 6.10. The maximum Gasteiger partial charge on any atom is 0.409 e. The van der Waals surface area contributed by atoms with E-state index < -0.39 is 6.09 Å². The molecule has 0 unspecified atom stereocenters. The smallest absolute Gasteiger partial charge is 0.409 e. The van der Waals surface area contributed by atoms with Crippen molar-refractivity contribution in [2.75, 3.05) is 16.8 Å². The second-order valence-electron chi connectivity index (χ2n) is 5.17. The first-order valence-corrected chi connectivity index (χ1v) is 7.33. The minimum atomic E-state index is -1.18. The Bertz CT molecular complexity index is 773. The molecule has 1 aliphatic rings. The zero-order chi connectivity index (χ0) is 16.4. The summed E-state index contributed by atoms with van der Waals surface area (Å²) in [6.45, 7) is 2.54. The number of benzene rings is 2. The van der Waals surface area contributed by atoms with Gasteiger partial charge in [0.05, 0.1) is 11.3 Å². The highest BCUT2D eigenvalue weighted by Crippen LogP contribution is 2.39. The summed E-state index contributed by atoms with van der Waals surface area (Å²) in [6.07, 6.45) is -0.386. The molecular formula is C17H16N2O4. The molecule has 6 heteroatoms. The maximum atomic E-state index is 12.9. The van der Waals surface area contributed by atoms with Crippen molar-refractivity contribution in [1.29, 1.82) is 0 Å². The molecule has 0 aliphatic carbocycles. The lowest BCUT2D eigenvalue weighted by molar-refractivity contribution is 0.0987. The summed E-state index contributed by atoms with van der Waals surface area (Å²) in [5.41, 5.74) is 1.37. The molecule has 3 rings (SSSR count). The summed E-state index contributed by atoms with van der Waals surface area (Å²) in [4.78, 5) is 25.4. The van der Waals surface area contributed by atoms with Crippen LogP contribution in [0.3, 0.4) is 0 Å². The van der Waals surface area contributed by atoms with Gasteiger partial charge in [-0.2, -0.15) is 0 Å². The molecule has 6 nitrogen and oxygen atoms in total. The van der Waals surface area contributed by atoms with E-state index in [0.29, 0.717) is 35.0 Å². The molecule has 2 aromatic carbocycles. The number of carboxylic acid groups (broad SMARTS) is 1. The number of nitrogens with zero attached hydrogens (tertiary/aromatic N) is 1. The van der Waals surface area contributed by atoms with E-state index in [2.05, 4.69) is 5.32 Å². The van der Waals surface area contributed by atoms with Crippen molar-refractivity contribution in [2.45, 2.75) is 13.3 Å². The van der Waals surface area contributed by atoms with E-state index in [4.69, 9.17) is 9.84 Å². The zero-order valence-corrected chi connectivity index (χ0v) is 12.6. The number of carbonyl (C=O) groups is 2. The van der Waals surface area contributed by atoms with Gasteiger partial charge in [0.15, 0.2) is 5.75 Å². The zero-order valence-electron chi connectivity index (χ0n) is 12.6. The number of carbonyl (C=O) groups excluding carboxylic acids is 1. The van der Waals surface area contributed by atoms with Crippen LogP contribution in [0.2, 0.25) is 0 Å². The minimum absolute atomic E-state index is 0.208. The number of para-hydroxylation sites is 2. The monoisotopic (exact) mass is 312 g/mol. The Morgan fingerprint density at radius 1 is 1.22 bits per heavy atom. The second kappa shape index (κ2) is 6.00. The van der Waals surface area contributed by atoms with Gasteiger partial charge in [0.25, 0.3) is 5.91 Å². The van der Waals surface area contributed by atoms with Gasteiger partial charge in [0.2, 0.25) is 0 Å². The van der Waals surface area contributed by atoms with Crippen LogP contribution >= 0.6 is 0 Å². The number of rotatable bonds is 3. The van der Waals surface area contributed by atoms with Gasteiger partial charge in [-0.15, -0.1) is 0 Å². The summed E-state index contributed by atoms with van der Waals surface area (Å²) in [5.74, 6) is 0.810. The van der Waals surface area contributed by atoms with Crippen molar-refractivity contribution >= 4 is 23.4 Å². The Morgan fingerprint density at radius 3 is 2.74 bits per heavy atom. The minimum Gasteiger partial charge on any atom is -0.465 e. The van der Waals surface area contributed by atoms with Crippen LogP contribution < -0.4 is 15.0 Å². The van der Waals surface area contributed by atoms with Crippen LogP contribution in [0, 0.1) is 0 Å². The number of hydrogen-bond acceptors (Lipinski definition) is 3. The largest absolute Gasteiger partial charge is 0.465 e. The standard InChI is InChI=1S/C17H16N2O4/c1-2-9-19-13-5-3-4-6-15(13)23-14-8-7-11(18-17(21)22)10-12(14)16(19)20/h3-8,10,18H,2,9H2,1H3,(H,21,22). The van der Waals surface area contributed by atoms with E-state index in [9.17, 15) is 9.59 Å². The number of nitrogens with one attached hydrogen (secondary N) is 1. The van der Waals surface area contributed by atoms with E-state index in [1.807, 2.05) is 31.2 Å². The van der Waals surface area contributed by atoms with Crippen molar-refractivity contribution < 1.29 is 19.4 Å². The average molecular weight is 312 g/mol. The van der Waals surface area contributed by atoms with Crippen LogP contribution in [-0.4, -0.2) is 23.7 Å². The molecule has 1 heterocycles. The van der Waals surface area contributed by atoms with Gasteiger partial charge in [-0.3, -0.25) is 10.1 Å². The molecule has 0 saturated carbocycles. The Labute approximate surface area is 133 Å². The summed E-state index contributed by atoms with van der Waals surface area (Å²) >= 11 is 0. The fourth-order valence-electron chi connectivity index (χ4n) is 2.57. The predicted molar refractivity (Wildman–Crippen MR) is 86.6 cm³/mol. The van der Waals surface area contributed by atoms with Gasteiger partial charge in [-0.1, -0.05) is 19.1 Å². The van der Waals surface area contributed by atoms with Crippen molar-refractivity contribution in [2.24, 2.45) is 0 Å². The van der Waals surface area contributed by atoms with E-state index in [1.54, 1.807) is 17.0 Å². The van der Waals surface area contributed by atoms with Crippen LogP contribution in [0.1, 0.15) is 23.7 Å². The Kier molecular flexibility index (Phi) is 3.89. The van der Waals surface area contributed by atoms with E-state index in [0.717, 1.165) is 6.42 Å². The SMILES string of the molecule is CCCN1C(=O)c2cc(NC(=O)O)ccc2Oc2ccccc21. The van der Waals surface area contributed by atoms with E-state index >= 15 is 0 Å². The summed E-state index contributed by atoms with van der Waals surface area (Å²) in [6, 6.07) is 12.0. The topological polar surface area (TPSA) is 78.9 Å². The maximum absolute atomic E-state index is 12.9. The normalized spacial score (nSPS) is 12.7. The third-order valence-corrected chi connectivity index (χ3v) is 3.53. The van der Waals surface area contributed by atoms with Gasteiger partial charge >= 0.3 is 6.09 Å². The molecule has 118 valence electrons. The molecule has 1 aliphatic heterocycles. The molecule has 0 saturated heterocycles. The Hall–Kier alpha value is -3.02. The fourth-order valence-corrected chi connectivity index (χ4v) is 2.57. The quantitative estimate of drug-likeness (QED) is 0.899. The number of fused-ring (bicyclic) bond motifs is 2. The first-order chi connectivity index (χ1) is 11.1. The molecule has 0 fully saturated rings. The Balaban J connectivity index is 2.10. The number of hydrogen-bond donors (Lipinski definition) is 2. The van der Waals surface area contributed by atoms with Gasteiger partial charge in [0, 0.05) is 12.2 Å². The lowest BCUT2D eigenvalue weighted by Gasteiger charge is -2.21. The fraction of sp³-hybridized carbons (Fsp3) is 0.176. The van der Waals surface area contributed by atoms with E-state index in [1.165, 1.54) is 6.07 Å². The van der Waals surface area contributed by atoms with Crippen molar-refractivity contribution in [3.63, 3.8) is 0 Å². The van der Waals surface area contributed by atoms with Gasteiger partial charge in [-0.05, 0) is 36.8 Å². The number of amides is 2. The average Bonchev–Trinajstić information content (AvgIpc) is 2.64. The molecule has 2 amide bonds. The first-order valence-electron chi connectivity index (χ1n) is 7.33. The number of anilines is 2. The summed E-state index contributed by atoms with van der Waals surface area (Å²) in [7, 11) is 0. The van der Waals surface area contributed by atoms with Crippen LogP contribution in [0.4, 0.5) is 16.2 Å². The molecule has 0 radical (unpaired) electrons. The number of ether oxygens (including phenoxy) is 1. The van der Waals surface area contributed by atoms with Crippen LogP contribution in [-0.2, 0) is 0 Å². The third kappa shape index (κ3) is 2.83. The molecule has 2 aromatic rings. The molecular weight excluding hydrogens is 296 g/mol. The highest BCUT2D eigenvalue weighted by atomic mass is 16.5. The van der Waals surface area contributed by atoms with Crippen LogP contribution in [0.5, 0.6) is 11.5 Å². The van der Waals surface area contributed by atoms with Gasteiger partial charge < -0.3 is 14.7 Å². The van der Waals surface area contributed by atoms with Crippen molar-refractivity contribution in [3.8, 4) is 11.5 Å². The highest BCUT2D eigenvalue weighted by Gasteiger charge is 2.27. The molecule has 0 aromatic heterocycles. The van der Waals surface area contributed by atoms with Crippen molar-refractivity contribution in [3.05, 3.63) is 48.0 Å². The molecule has 0 spiro atoms. The van der Waals surface area contributed by atoms with E-state index in [-0.39, 0.29) is 5.91 Å². The van der Waals surface area contributed by atoms with Crippen LogP contribution in [0.15, 0.2) is 42.5 Å². The van der Waals surface area contributed by atoms with Gasteiger partial charge in [-0.25, -0.2) is 4.79 Å². The molecule has 23 heavy (non-hydrogen) atoms. The lowest BCUT2D eigenvalue weighted by Crippen LogP contribution is -2.31. The summed E-state index contributed by atoms with van der Waals surface area (Å²) in [5, 5.41) is 11.1. The summed E-state index contributed by atoms with van der Waals surface area (Å²) < 4.78 is 5.87. The predicted octanol–water partition coefficient (Wildman–Crippen LogP) is 3.94. The van der Waals surface area contributed by atoms with Crippen LogP contribution in [0.25, 0.3) is 0 Å². The third-order valence-electron chi connectivity index (χ3n) is 3.53. The molecule has 0 atom stereocenters. The lowest BCUT2D eigenvalue weighted by atomic mass is 10.1. The second-order valence-corrected chi connectivity index (χ2v) is 5.17. The molecule has 2 N–H and O–H groups in total. The first kappa shape index (κ1) is 14.9. The molecule has 0 bridgehead atoms.